The number of aromatic nitrogens is 1. The van der Waals surface area contributed by atoms with E-state index in [9.17, 15) is 0 Å². The molecular weight excluding hydrogens is 240 g/mol. The van der Waals surface area contributed by atoms with Crippen LogP contribution in [0.2, 0.25) is 0 Å². The molecule has 0 radical (unpaired) electrons. The van der Waals surface area contributed by atoms with Crippen molar-refractivity contribution in [3.63, 3.8) is 0 Å². The summed E-state index contributed by atoms with van der Waals surface area (Å²) in [6.07, 6.45) is 0.997. The van der Waals surface area contributed by atoms with Crippen LogP contribution in [0.25, 0.3) is 10.6 Å². The molecule has 0 aliphatic rings. The van der Waals surface area contributed by atoms with Gasteiger partial charge in [0.05, 0.1) is 5.69 Å². The van der Waals surface area contributed by atoms with Crippen LogP contribution in [0.15, 0.2) is 17.5 Å². The molecule has 0 aliphatic heterocycles. The smallest absolute Gasteiger partial charge is 0.123 e. The second kappa shape index (κ2) is 5.63. The summed E-state index contributed by atoms with van der Waals surface area (Å²) in [7, 11) is 1.97. The molecule has 0 fully saturated rings. The Balaban J connectivity index is 2.31. The minimum absolute atomic E-state index is 0.981. The first kappa shape index (κ1) is 13.2. The normalized spacial score (nSPS) is 10.9. The second-order valence-corrected chi connectivity index (χ2v) is 5.54. The molecule has 0 saturated heterocycles. The van der Waals surface area contributed by atoms with Gasteiger partial charge in [-0.1, -0.05) is 12.1 Å². The first-order valence-electron chi connectivity index (χ1n) is 6.29. The Morgan fingerprint density at radius 3 is 2.67 bits per heavy atom. The zero-order valence-corrected chi connectivity index (χ0v) is 12.3. The lowest BCUT2D eigenvalue weighted by Gasteiger charge is -2.08. The van der Waals surface area contributed by atoms with Gasteiger partial charge in [0, 0.05) is 23.9 Å². The predicted octanol–water partition coefficient (Wildman–Crippen LogP) is 3.50. The van der Waals surface area contributed by atoms with Crippen molar-refractivity contribution in [1.29, 1.82) is 0 Å². The largest absolute Gasteiger partial charge is 0.319 e. The summed E-state index contributed by atoms with van der Waals surface area (Å²) < 4.78 is 0. The van der Waals surface area contributed by atoms with Crippen LogP contribution in [0.4, 0.5) is 0 Å². The van der Waals surface area contributed by atoms with Crippen LogP contribution < -0.4 is 5.32 Å². The summed E-state index contributed by atoms with van der Waals surface area (Å²) in [6, 6.07) is 4.38. The van der Waals surface area contributed by atoms with Gasteiger partial charge in [0.2, 0.25) is 0 Å². The number of likely N-dealkylation sites (N-methyl/N-ethyl adjacent to an activating group) is 1. The van der Waals surface area contributed by atoms with Crippen LogP contribution in [-0.2, 0) is 6.42 Å². The summed E-state index contributed by atoms with van der Waals surface area (Å²) in [5, 5.41) is 6.47. The monoisotopic (exact) mass is 260 g/mol. The lowest BCUT2D eigenvalue weighted by molar-refractivity contribution is 0.780. The highest BCUT2D eigenvalue weighted by Crippen LogP contribution is 2.29. The van der Waals surface area contributed by atoms with Gasteiger partial charge in [-0.15, -0.1) is 11.3 Å². The van der Waals surface area contributed by atoms with E-state index in [-0.39, 0.29) is 0 Å². The molecule has 3 heteroatoms. The highest BCUT2D eigenvalue weighted by Gasteiger charge is 2.09. The number of nitrogens with one attached hydrogen (secondary N) is 1. The van der Waals surface area contributed by atoms with Gasteiger partial charge in [-0.25, -0.2) is 4.98 Å². The van der Waals surface area contributed by atoms with Crippen molar-refractivity contribution >= 4 is 11.3 Å². The van der Waals surface area contributed by atoms with Crippen LogP contribution in [0.5, 0.6) is 0 Å². The summed E-state index contributed by atoms with van der Waals surface area (Å²) >= 11 is 1.74. The molecule has 0 unspecified atom stereocenters. The van der Waals surface area contributed by atoms with Crippen LogP contribution in [0.3, 0.4) is 0 Å². The van der Waals surface area contributed by atoms with E-state index in [0.29, 0.717) is 0 Å². The Hall–Kier alpha value is -1.19. The summed E-state index contributed by atoms with van der Waals surface area (Å²) in [5.74, 6) is 0. The third-order valence-electron chi connectivity index (χ3n) is 3.47. The molecule has 2 nitrogen and oxygen atoms in total. The Labute approximate surface area is 113 Å². The van der Waals surface area contributed by atoms with Gasteiger partial charge in [-0.3, -0.25) is 0 Å². The zero-order chi connectivity index (χ0) is 13.1. The predicted molar refractivity (Wildman–Crippen MR) is 79.4 cm³/mol. The molecule has 18 heavy (non-hydrogen) atoms. The Morgan fingerprint density at radius 2 is 1.94 bits per heavy atom. The summed E-state index contributed by atoms with van der Waals surface area (Å²) in [5.41, 5.74) is 6.54. The molecule has 2 rings (SSSR count). The lowest BCUT2D eigenvalue weighted by atomic mass is 9.99. The van der Waals surface area contributed by atoms with E-state index >= 15 is 0 Å². The van der Waals surface area contributed by atoms with Crippen molar-refractivity contribution in [1.82, 2.24) is 10.3 Å². The van der Waals surface area contributed by atoms with Gasteiger partial charge < -0.3 is 5.32 Å². The van der Waals surface area contributed by atoms with Crippen molar-refractivity contribution < 1.29 is 0 Å². The molecule has 0 spiro atoms. The molecular formula is C15H20N2S. The Bertz CT molecular complexity index is 543. The van der Waals surface area contributed by atoms with Crippen LogP contribution >= 0.6 is 11.3 Å². The molecule has 0 bridgehead atoms. The van der Waals surface area contributed by atoms with Crippen LogP contribution in [0, 0.1) is 20.8 Å². The van der Waals surface area contributed by atoms with Crippen molar-refractivity contribution in [2.45, 2.75) is 27.2 Å². The van der Waals surface area contributed by atoms with Gasteiger partial charge in [0.1, 0.15) is 5.01 Å². The van der Waals surface area contributed by atoms with Crippen molar-refractivity contribution in [3.8, 4) is 10.6 Å². The fourth-order valence-corrected chi connectivity index (χ4v) is 2.92. The van der Waals surface area contributed by atoms with E-state index in [1.54, 1.807) is 11.3 Å². The van der Waals surface area contributed by atoms with Gasteiger partial charge in [0.15, 0.2) is 0 Å². The molecule has 0 amide bonds. The van der Waals surface area contributed by atoms with Crippen molar-refractivity contribution in [2.24, 2.45) is 0 Å². The Morgan fingerprint density at radius 1 is 1.17 bits per heavy atom. The highest BCUT2D eigenvalue weighted by molar-refractivity contribution is 7.13. The minimum atomic E-state index is 0.981. The van der Waals surface area contributed by atoms with Crippen molar-refractivity contribution in [2.75, 3.05) is 13.6 Å². The SMILES string of the molecule is CNCCc1csc(-c2ccc(C)c(C)c2C)n1. The third-order valence-corrected chi connectivity index (χ3v) is 4.40. The standard InChI is InChI=1S/C15H20N2S/c1-10-5-6-14(12(3)11(10)2)15-17-13(9-18-15)7-8-16-4/h5-6,9,16H,7-8H2,1-4H3. The maximum Gasteiger partial charge on any atom is 0.123 e. The van der Waals surface area contributed by atoms with E-state index in [4.69, 9.17) is 4.98 Å². The van der Waals surface area contributed by atoms with Crippen LogP contribution in [-0.4, -0.2) is 18.6 Å². The maximum atomic E-state index is 4.73. The number of nitrogens with zero attached hydrogens (tertiary/aromatic N) is 1. The third kappa shape index (κ3) is 2.62. The summed E-state index contributed by atoms with van der Waals surface area (Å²) in [6.45, 7) is 7.51. The lowest BCUT2D eigenvalue weighted by Crippen LogP contribution is -2.10. The molecule has 0 atom stereocenters. The fraction of sp³-hybridized carbons (Fsp3) is 0.400. The minimum Gasteiger partial charge on any atom is -0.319 e. The first-order valence-corrected chi connectivity index (χ1v) is 7.17. The van der Waals surface area contributed by atoms with Crippen LogP contribution in [0.1, 0.15) is 22.4 Å². The molecule has 1 N–H and O–H groups in total. The molecule has 0 aliphatic carbocycles. The number of hydrogen-bond acceptors (Lipinski definition) is 3. The van der Waals surface area contributed by atoms with E-state index in [0.717, 1.165) is 18.0 Å². The van der Waals surface area contributed by atoms with Gasteiger partial charge in [-0.2, -0.15) is 0 Å². The average molecular weight is 260 g/mol. The summed E-state index contributed by atoms with van der Waals surface area (Å²) in [4.78, 5) is 4.73. The number of hydrogen-bond donors (Lipinski definition) is 1. The van der Waals surface area contributed by atoms with Crippen molar-refractivity contribution in [3.05, 3.63) is 39.9 Å². The molecule has 1 aromatic carbocycles. The molecule has 1 aromatic heterocycles. The Kier molecular flexibility index (Phi) is 4.15. The van der Waals surface area contributed by atoms with E-state index in [1.807, 2.05) is 7.05 Å². The maximum absolute atomic E-state index is 4.73. The van der Waals surface area contributed by atoms with E-state index in [1.165, 1.54) is 27.9 Å². The topological polar surface area (TPSA) is 24.9 Å². The number of aryl methyl sites for hydroxylation is 1. The highest BCUT2D eigenvalue weighted by atomic mass is 32.1. The van der Waals surface area contributed by atoms with E-state index < -0.39 is 0 Å². The number of rotatable bonds is 4. The van der Waals surface area contributed by atoms with E-state index in [2.05, 4.69) is 43.6 Å². The van der Waals surface area contributed by atoms with Gasteiger partial charge in [0.25, 0.3) is 0 Å². The average Bonchev–Trinajstić information content (AvgIpc) is 2.82. The van der Waals surface area contributed by atoms with Gasteiger partial charge in [-0.05, 0) is 44.5 Å². The number of thiazole rings is 1. The second-order valence-electron chi connectivity index (χ2n) is 4.68. The molecule has 96 valence electrons. The quantitative estimate of drug-likeness (QED) is 0.910. The first-order chi connectivity index (χ1) is 8.63. The molecule has 0 saturated carbocycles. The number of benzene rings is 1. The molecule has 1 heterocycles. The zero-order valence-electron chi connectivity index (χ0n) is 11.5. The van der Waals surface area contributed by atoms with Gasteiger partial charge >= 0.3 is 0 Å². The fourth-order valence-electron chi connectivity index (χ4n) is 1.99. The molecule has 2 aromatic rings.